The summed E-state index contributed by atoms with van der Waals surface area (Å²) < 4.78 is 38.4. The van der Waals surface area contributed by atoms with E-state index in [9.17, 15) is 22.8 Å². The van der Waals surface area contributed by atoms with E-state index in [-0.39, 0.29) is 24.6 Å². The minimum Gasteiger partial charge on any atom is -0.338 e. The summed E-state index contributed by atoms with van der Waals surface area (Å²) in [4.78, 5) is 26.3. The van der Waals surface area contributed by atoms with Crippen LogP contribution in [-0.2, 0) is 22.3 Å². The van der Waals surface area contributed by atoms with E-state index in [0.717, 1.165) is 23.3 Å². The van der Waals surface area contributed by atoms with E-state index in [1.165, 1.54) is 12.1 Å². The average molecular weight is 376 g/mol. The predicted octanol–water partition coefficient (Wildman–Crippen LogP) is 4.00. The first-order chi connectivity index (χ1) is 12.7. The highest BCUT2D eigenvalue weighted by molar-refractivity contribution is 5.97. The summed E-state index contributed by atoms with van der Waals surface area (Å²) in [5, 5.41) is 2.49. The van der Waals surface area contributed by atoms with Gasteiger partial charge in [-0.1, -0.05) is 30.3 Å². The van der Waals surface area contributed by atoms with Crippen molar-refractivity contribution in [3.8, 4) is 0 Å². The number of carbonyl (C=O) groups is 2. The van der Waals surface area contributed by atoms with Gasteiger partial charge in [-0.05, 0) is 36.2 Å². The number of hydrogen-bond donors (Lipinski definition) is 1. The summed E-state index contributed by atoms with van der Waals surface area (Å²) in [6.07, 6.45) is -4.43. The Bertz CT molecular complexity index is 864. The number of alkyl halides is 3. The second kappa shape index (κ2) is 7.42. The molecule has 1 aliphatic heterocycles. The normalized spacial score (nSPS) is 17.3. The Morgan fingerprint density at radius 3 is 2.63 bits per heavy atom. The molecular weight excluding hydrogens is 357 g/mol. The molecule has 1 aliphatic rings. The van der Waals surface area contributed by atoms with Crippen LogP contribution in [0.2, 0.25) is 0 Å². The number of hydrogen-bond acceptors (Lipinski definition) is 2. The van der Waals surface area contributed by atoms with Crippen LogP contribution in [-0.4, -0.2) is 23.3 Å². The highest BCUT2D eigenvalue weighted by Gasteiger charge is 2.35. The summed E-state index contributed by atoms with van der Waals surface area (Å²) in [6, 6.07) is 12.2. The lowest BCUT2D eigenvalue weighted by molar-refractivity contribution is -0.137. The van der Waals surface area contributed by atoms with Crippen molar-refractivity contribution in [3.05, 3.63) is 65.2 Å². The molecule has 1 saturated heterocycles. The van der Waals surface area contributed by atoms with E-state index in [0.29, 0.717) is 6.54 Å². The van der Waals surface area contributed by atoms with Gasteiger partial charge in [0.1, 0.15) is 0 Å². The fourth-order valence-electron chi connectivity index (χ4n) is 3.11. The summed E-state index contributed by atoms with van der Waals surface area (Å²) >= 11 is 0. The van der Waals surface area contributed by atoms with Crippen LogP contribution in [0.5, 0.6) is 0 Å². The van der Waals surface area contributed by atoms with E-state index >= 15 is 0 Å². The number of amides is 2. The van der Waals surface area contributed by atoms with Gasteiger partial charge in [-0.25, -0.2) is 0 Å². The number of carbonyl (C=O) groups excluding carboxylic acids is 2. The SMILES string of the molecule is Cc1ccccc1CN1CC(C(=O)Nc2cccc(C(F)(F)F)c2)CC1=O. The zero-order valence-corrected chi connectivity index (χ0v) is 14.7. The molecule has 0 saturated carbocycles. The van der Waals surface area contributed by atoms with Gasteiger partial charge in [0, 0.05) is 25.2 Å². The Kier molecular flexibility index (Phi) is 5.21. The van der Waals surface area contributed by atoms with Crippen LogP contribution in [0.25, 0.3) is 0 Å². The second-order valence-corrected chi connectivity index (χ2v) is 6.67. The van der Waals surface area contributed by atoms with E-state index in [4.69, 9.17) is 0 Å². The molecule has 7 heteroatoms. The van der Waals surface area contributed by atoms with Crippen molar-refractivity contribution in [1.29, 1.82) is 0 Å². The Morgan fingerprint density at radius 1 is 1.19 bits per heavy atom. The van der Waals surface area contributed by atoms with Crippen LogP contribution in [0.3, 0.4) is 0 Å². The molecule has 0 aliphatic carbocycles. The minimum absolute atomic E-state index is 0.0523. The van der Waals surface area contributed by atoms with Gasteiger partial charge < -0.3 is 10.2 Å². The van der Waals surface area contributed by atoms with Crippen molar-refractivity contribution in [3.63, 3.8) is 0 Å². The van der Waals surface area contributed by atoms with Gasteiger partial charge in [-0.15, -0.1) is 0 Å². The number of halogens is 3. The molecule has 27 heavy (non-hydrogen) atoms. The third-order valence-corrected chi connectivity index (χ3v) is 4.67. The predicted molar refractivity (Wildman–Crippen MR) is 94.8 cm³/mol. The Morgan fingerprint density at radius 2 is 1.93 bits per heavy atom. The Labute approximate surface area is 155 Å². The van der Waals surface area contributed by atoms with E-state index in [1.54, 1.807) is 4.90 Å². The maximum Gasteiger partial charge on any atom is 0.416 e. The summed E-state index contributed by atoms with van der Waals surface area (Å²) in [5.41, 5.74) is 1.30. The number of benzene rings is 2. The molecule has 1 heterocycles. The first-order valence-corrected chi connectivity index (χ1v) is 8.54. The zero-order valence-electron chi connectivity index (χ0n) is 14.7. The van der Waals surface area contributed by atoms with E-state index in [2.05, 4.69) is 5.32 Å². The van der Waals surface area contributed by atoms with Crippen molar-refractivity contribution >= 4 is 17.5 Å². The average Bonchev–Trinajstić information content (AvgIpc) is 2.97. The number of rotatable bonds is 4. The lowest BCUT2D eigenvalue weighted by Crippen LogP contribution is -2.28. The van der Waals surface area contributed by atoms with Crippen LogP contribution < -0.4 is 5.32 Å². The molecule has 1 unspecified atom stereocenters. The number of nitrogens with zero attached hydrogens (tertiary/aromatic N) is 1. The molecule has 0 bridgehead atoms. The summed E-state index contributed by atoms with van der Waals surface area (Å²) in [7, 11) is 0. The molecule has 0 radical (unpaired) electrons. The monoisotopic (exact) mass is 376 g/mol. The van der Waals surface area contributed by atoms with Gasteiger partial charge in [-0.2, -0.15) is 13.2 Å². The highest BCUT2D eigenvalue weighted by atomic mass is 19.4. The molecule has 1 atom stereocenters. The van der Waals surface area contributed by atoms with Gasteiger partial charge >= 0.3 is 6.18 Å². The van der Waals surface area contributed by atoms with Crippen molar-refractivity contribution in [2.24, 2.45) is 5.92 Å². The zero-order chi connectivity index (χ0) is 19.6. The standard InChI is InChI=1S/C20H19F3N2O2/c1-13-5-2-3-6-14(13)11-25-12-15(9-18(25)26)19(27)24-17-8-4-7-16(10-17)20(21,22)23/h2-8,10,15H,9,11-12H2,1H3,(H,24,27). The Hall–Kier alpha value is -2.83. The smallest absolute Gasteiger partial charge is 0.338 e. The Balaban J connectivity index is 1.65. The molecule has 4 nitrogen and oxygen atoms in total. The number of aryl methyl sites for hydroxylation is 1. The fourth-order valence-corrected chi connectivity index (χ4v) is 3.11. The van der Waals surface area contributed by atoms with Gasteiger partial charge in [0.25, 0.3) is 0 Å². The highest BCUT2D eigenvalue weighted by Crippen LogP contribution is 2.31. The van der Waals surface area contributed by atoms with Crippen LogP contribution in [0.4, 0.5) is 18.9 Å². The van der Waals surface area contributed by atoms with Gasteiger partial charge in [0.15, 0.2) is 0 Å². The molecule has 2 aromatic rings. The van der Waals surface area contributed by atoms with Crippen molar-refractivity contribution in [2.45, 2.75) is 26.1 Å². The van der Waals surface area contributed by atoms with Crippen LogP contribution in [0, 0.1) is 12.8 Å². The maximum absolute atomic E-state index is 12.8. The maximum atomic E-state index is 12.8. The lowest BCUT2D eigenvalue weighted by atomic mass is 10.1. The van der Waals surface area contributed by atoms with Crippen LogP contribution in [0.15, 0.2) is 48.5 Å². The third kappa shape index (κ3) is 4.48. The molecule has 0 aromatic heterocycles. The third-order valence-electron chi connectivity index (χ3n) is 4.67. The number of likely N-dealkylation sites (tertiary alicyclic amines) is 1. The lowest BCUT2D eigenvalue weighted by Gasteiger charge is -2.18. The van der Waals surface area contributed by atoms with Crippen molar-refractivity contribution in [2.75, 3.05) is 11.9 Å². The van der Waals surface area contributed by atoms with Gasteiger partial charge in [0.05, 0.1) is 11.5 Å². The van der Waals surface area contributed by atoms with Crippen LogP contribution >= 0.6 is 0 Å². The molecular formula is C20H19F3N2O2. The molecule has 0 spiro atoms. The summed E-state index contributed by atoms with van der Waals surface area (Å²) in [5.74, 6) is -1.17. The molecule has 2 amide bonds. The molecule has 142 valence electrons. The van der Waals surface area contributed by atoms with E-state index < -0.39 is 23.6 Å². The summed E-state index contributed by atoms with van der Waals surface area (Å²) in [6.45, 7) is 2.62. The first-order valence-electron chi connectivity index (χ1n) is 8.54. The first kappa shape index (κ1) is 18.9. The van der Waals surface area contributed by atoms with Crippen molar-refractivity contribution < 1.29 is 22.8 Å². The second-order valence-electron chi connectivity index (χ2n) is 6.67. The minimum atomic E-state index is -4.48. The van der Waals surface area contributed by atoms with Crippen LogP contribution in [0.1, 0.15) is 23.1 Å². The van der Waals surface area contributed by atoms with E-state index in [1.807, 2.05) is 31.2 Å². The number of anilines is 1. The topological polar surface area (TPSA) is 49.4 Å². The molecule has 3 rings (SSSR count). The quantitative estimate of drug-likeness (QED) is 0.877. The van der Waals surface area contributed by atoms with Crippen molar-refractivity contribution in [1.82, 2.24) is 4.90 Å². The molecule has 1 N–H and O–H groups in total. The fraction of sp³-hybridized carbons (Fsp3) is 0.300. The molecule has 2 aromatic carbocycles. The van der Waals surface area contributed by atoms with Gasteiger partial charge in [0.2, 0.25) is 11.8 Å². The largest absolute Gasteiger partial charge is 0.416 e. The van der Waals surface area contributed by atoms with Gasteiger partial charge in [-0.3, -0.25) is 9.59 Å². The number of nitrogens with one attached hydrogen (secondary N) is 1. The molecule has 1 fully saturated rings.